The lowest BCUT2D eigenvalue weighted by Gasteiger charge is -2.39. The van der Waals surface area contributed by atoms with Gasteiger partial charge in [0.15, 0.2) is 6.10 Å². The van der Waals surface area contributed by atoms with Gasteiger partial charge in [-0.05, 0) is 6.42 Å². The minimum absolute atomic E-state index is 0.132. The summed E-state index contributed by atoms with van der Waals surface area (Å²) in [6, 6.07) is 0. The number of unbranched alkanes of at least 4 members (excludes halogenated alkanes) is 13. The van der Waals surface area contributed by atoms with E-state index in [1.54, 1.807) is 0 Å². The van der Waals surface area contributed by atoms with Crippen LogP contribution in [0.1, 0.15) is 104 Å². The van der Waals surface area contributed by atoms with Gasteiger partial charge in [-0.2, -0.15) is 0 Å². The molecular formula is C26H53N2O3+. The molecule has 0 aliphatic carbocycles. The molecule has 1 N–H and O–H groups in total. The molecule has 0 saturated carbocycles. The fraction of sp³-hybridized carbons (Fsp3) is 0.962. The summed E-state index contributed by atoms with van der Waals surface area (Å²) in [4.78, 5) is 11.5. The summed E-state index contributed by atoms with van der Waals surface area (Å²) in [6.07, 6.45) is 19.0. The Morgan fingerprint density at radius 3 is 1.81 bits per heavy atom. The van der Waals surface area contributed by atoms with E-state index in [0.717, 1.165) is 50.2 Å². The van der Waals surface area contributed by atoms with Crippen LogP contribution in [-0.4, -0.2) is 69.5 Å². The fourth-order valence-electron chi connectivity index (χ4n) is 4.58. The molecule has 1 atom stereocenters. The highest BCUT2D eigenvalue weighted by atomic mass is 16.6. The summed E-state index contributed by atoms with van der Waals surface area (Å²) in [5, 5.41) is 3.40. The molecule has 1 saturated heterocycles. The third-order valence-electron chi connectivity index (χ3n) is 6.58. The number of nitrogens with zero attached hydrogens (tertiary/aromatic N) is 1. The zero-order chi connectivity index (χ0) is 22.6. The average molecular weight is 442 g/mol. The van der Waals surface area contributed by atoms with Gasteiger partial charge >= 0.3 is 5.97 Å². The highest BCUT2D eigenvalue weighted by Crippen LogP contribution is 2.13. The Kier molecular flexibility index (Phi) is 17.3. The van der Waals surface area contributed by atoms with E-state index in [2.05, 4.69) is 19.3 Å². The van der Waals surface area contributed by atoms with E-state index in [0.29, 0.717) is 6.61 Å². The second-order valence-electron chi connectivity index (χ2n) is 9.90. The van der Waals surface area contributed by atoms with Gasteiger partial charge in [0.2, 0.25) is 0 Å². The van der Waals surface area contributed by atoms with Crippen molar-refractivity contribution in [3.63, 3.8) is 0 Å². The van der Waals surface area contributed by atoms with Gasteiger partial charge in [-0.3, -0.25) is 4.79 Å². The minimum atomic E-state index is -0.202. The summed E-state index contributed by atoms with van der Waals surface area (Å²) in [5.41, 5.74) is 0. The number of hydrogen-bond acceptors (Lipinski definition) is 4. The van der Waals surface area contributed by atoms with Crippen molar-refractivity contribution in [1.29, 1.82) is 0 Å². The number of carbonyl (C=O) groups is 1. The van der Waals surface area contributed by atoms with Crippen LogP contribution in [0.25, 0.3) is 0 Å². The predicted octanol–water partition coefficient (Wildman–Crippen LogP) is 5.47. The van der Waals surface area contributed by atoms with Crippen LogP contribution >= 0.6 is 0 Å². The van der Waals surface area contributed by atoms with Crippen LogP contribution in [0.15, 0.2) is 0 Å². The maximum absolute atomic E-state index is 11.5. The molecule has 0 radical (unpaired) electrons. The largest absolute Gasteiger partial charge is 0.454 e. The van der Waals surface area contributed by atoms with E-state index < -0.39 is 0 Å². The van der Waals surface area contributed by atoms with Gasteiger partial charge in [0.05, 0.1) is 26.7 Å². The number of piperazine rings is 1. The maximum Gasteiger partial charge on any atom is 0.303 e. The molecular weight excluding hydrogens is 388 g/mol. The molecule has 184 valence electrons. The monoisotopic (exact) mass is 441 g/mol. The van der Waals surface area contributed by atoms with E-state index >= 15 is 0 Å². The van der Waals surface area contributed by atoms with Crippen LogP contribution in [0.3, 0.4) is 0 Å². The molecule has 31 heavy (non-hydrogen) atoms. The van der Waals surface area contributed by atoms with E-state index in [-0.39, 0.29) is 12.1 Å². The zero-order valence-corrected chi connectivity index (χ0v) is 21.1. The Labute approximate surface area is 193 Å². The third kappa shape index (κ3) is 16.6. The smallest absolute Gasteiger partial charge is 0.303 e. The summed E-state index contributed by atoms with van der Waals surface area (Å²) in [7, 11) is 2.25. The van der Waals surface area contributed by atoms with E-state index in [4.69, 9.17) is 9.47 Å². The van der Waals surface area contributed by atoms with Gasteiger partial charge in [0.25, 0.3) is 0 Å². The number of esters is 1. The van der Waals surface area contributed by atoms with Gasteiger partial charge < -0.3 is 19.3 Å². The summed E-state index contributed by atoms with van der Waals surface area (Å²) in [6.45, 7) is 10.2. The number of hydrogen-bond donors (Lipinski definition) is 1. The maximum atomic E-state index is 11.5. The van der Waals surface area contributed by atoms with Crippen LogP contribution in [0, 0.1) is 0 Å². The average Bonchev–Trinajstić information content (AvgIpc) is 2.73. The van der Waals surface area contributed by atoms with Crippen molar-refractivity contribution >= 4 is 5.97 Å². The molecule has 0 amide bonds. The van der Waals surface area contributed by atoms with Crippen molar-refractivity contribution in [3.05, 3.63) is 0 Å². The first kappa shape index (κ1) is 28.4. The first-order valence-corrected chi connectivity index (χ1v) is 13.3. The number of carbonyl (C=O) groups excluding carboxylic acids is 1. The SMILES string of the molecule is CCCCCCCCCCCCCCCCOCC(C[N+]1(C)CCNCC1)OC(C)=O. The Hall–Kier alpha value is -0.650. The molecule has 1 aliphatic rings. The Morgan fingerprint density at radius 2 is 1.32 bits per heavy atom. The Bertz CT molecular complexity index is 425. The van der Waals surface area contributed by atoms with E-state index in [1.165, 1.54) is 90.4 Å². The number of nitrogens with one attached hydrogen (secondary N) is 1. The second-order valence-corrected chi connectivity index (χ2v) is 9.90. The molecule has 5 nitrogen and oxygen atoms in total. The highest BCUT2D eigenvalue weighted by Gasteiger charge is 2.30. The van der Waals surface area contributed by atoms with Crippen LogP contribution in [0.5, 0.6) is 0 Å². The molecule has 0 spiro atoms. The number of likely N-dealkylation sites (N-methyl/N-ethyl adjacent to an activating group) is 1. The number of rotatable bonds is 20. The third-order valence-corrected chi connectivity index (χ3v) is 6.58. The van der Waals surface area contributed by atoms with Gasteiger partial charge in [0, 0.05) is 26.6 Å². The van der Waals surface area contributed by atoms with Gasteiger partial charge in [-0.15, -0.1) is 0 Å². The van der Waals surface area contributed by atoms with Crippen molar-refractivity contribution in [1.82, 2.24) is 5.32 Å². The summed E-state index contributed by atoms with van der Waals surface area (Å²) < 4.78 is 12.4. The second kappa shape index (κ2) is 18.9. The number of quaternary nitrogens is 1. The molecule has 0 aromatic carbocycles. The molecule has 0 aromatic heterocycles. The van der Waals surface area contributed by atoms with Crippen LogP contribution in [0.2, 0.25) is 0 Å². The molecule has 5 heteroatoms. The molecule has 1 heterocycles. The van der Waals surface area contributed by atoms with Crippen molar-refractivity contribution in [3.8, 4) is 0 Å². The van der Waals surface area contributed by atoms with E-state index in [1.807, 2.05) is 0 Å². The fourth-order valence-corrected chi connectivity index (χ4v) is 4.58. The Morgan fingerprint density at radius 1 is 0.839 bits per heavy atom. The number of ether oxygens (including phenoxy) is 2. The van der Waals surface area contributed by atoms with Crippen LogP contribution in [0.4, 0.5) is 0 Å². The van der Waals surface area contributed by atoms with Crippen LogP contribution < -0.4 is 5.32 Å². The van der Waals surface area contributed by atoms with Gasteiger partial charge in [0.1, 0.15) is 6.54 Å². The molecule has 0 aromatic rings. The van der Waals surface area contributed by atoms with Crippen molar-refractivity contribution in [2.24, 2.45) is 0 Å². The molecule has 1 fully saturated rings. The molecule has 1 unspecified atom stereocenters. The molecule has 0 bridgehead atoms. The lowest BCUT2D eigenvalue weighted by Crippen LogP contribution is -2.59. The lowest BCUT2D eigenvalue weighted by atomic mass is 10.0. The van der Waals surface area contributed by atoms with Gasteiger partial charge in [-0.1, -0.05) is 90.4 Å². The van der Waals surface area contributed by atoms with Crippen LogP contribution in [-0.2, 0) is 14.3 Å². The van der Waals surface area contributed by atoms with Crippen molar-refractivity contribution < 1.29 is 18.8 Å². The Balaban J connectivity index is 1.94. The first-order chi connectivity index (χ1) is 15.1. The quantitative estimate of drug-likeness (QED) is 0.155. The predicted molar refractivity (Wildman–Crippen MR) is 130 cm³/mol. The normalized spacial score (nSPS) is 16.9. The zero-order valence-electron chi connectivity index (χ0n) is 21.1. The van der Waals surface area contributed by atoms with Crippen molar-refractivity contribution in [2.75, 3.05) is 53.0 Å². The van der Waals surface area contributed by atoms with Crippen molar-refractivity contribution in [2.45, 2.75) is 110 Å². The summed E-state index contributed by atoms with van der Waals surface area (Å²) >= 11 is 0. The topological polar surface area (TPSA) is 47.6 Å². The highest BCUT2D eigenvalue weighted by molar-refractivity contribution is 5.66. The van der Waals surface area contributed by atoms with Gasteiger partial charge in [-0.25, -0.2) is 0 Å². The molecule has 1 aliphatic heterocycles. The molecule has 1 rings (SSSR count). The standard InChI is InChI=1S/C26H53N2O3/c1-4-5-6-7-8-9-10-11-12-13-14-15-16-17-22-30-24-26(31-25(2)29)23-28(3)20-18-27-19-21-28/h26-27H,4-24H2,1-3H3/q+1. The first-order valence-electron chi connectivity index (χ1n) is 13.3. The lowest BCUT2D eigenvalue weighted by molar-refractivity contribution is -0.913. The van der Waals surface area contributed by atoms with E-state index in [9.17, 15) is 4.79 Å². The summed E-state index contributed by atoms with van der Waals surface area (Å²) in [5.74, 6) is -0.202. The minimum Gasteiger partial charge on any atom is -0.454 e.